The number of methoxy groups -OCH3 is 1. The maximum Gasteiger partial charge on any atom is 0.273 e. The minimum absolute atomic E-state index is 0.0462. The van der Waals surface area contributed by atoms with Crippen molar-refractivity contribution in [1.29, 1.82) is 0 Å². The van der Waals surface area contributed by atoms with E-state index in [1.807, 2.05) is 0 Å². The van der Waals surface area contributed by atoms with E-state index in [2.05, 4.69) is 19.2 Å². The summed E-state index contributed by atoms with van der Waals surface area (Å²) in [5.41, 5.74) is 0.866. The fourth-order valence-electron chi connectivity index (χ4n) is 2.12. The zero-order chi connectivity index (χ0) is 14.3. The number of rotatable bonds is 8. The van der Waals surface area contributed by atoms with Gasteiger partial charge in [-0.3, -0.25) is 10.1 Å². The number of hydrogen-bond donors (Lipinski definition) is 1. The lowest BCUT2D eigenvalue weighted by Gasteiger charge is -2.20. The van der Waals surface area contributed by atoms with Crippen molar-refractivity contribution in [1.82, 2.24) is 0 Å². The summed E-state index contributed by atoms with van der Waals surface area (Å²) in [4.78, 5) is 10.3. The van der Waals surface area contributed by atoms with Crippen molar-refractivity contribution in [2.24, 2.45) is 0 Å². The highest BCUT2D eigenvalue weighted by molar-refractivity contribution is 5.61. The molecule has 0 fully saturated rings. The molecule has 1 aromatic rings. The highest BCUT2D eigenvalue weighted by Crippen LogP contribution is 2.30. The van der Waals surface area contributed by atoms with Crippen LogP contribution in [0.5, 0.6) is 5.75 Å². The number of nitro groups is 1. The number of benzene rings is 1. The van der Waals surface area contributed by atoms with Crippen molar-refractivity contribution in [3.05, 3.63) is 28.3 Å². The van der Waals surface area contributed by atoms with Crippen LogP contribution < -0.4 is 10.1 Å². The Bertz CT molecular complexity index is 415. The van der Waals surface area contributed by atoms with Crippen molar-refractivity contribution in [2.45, 2.75) is 45.6 Å². The van der Waals surface area contributed by atoms with E-state index in [0.29, 0.717) is 11.8 Å². The smallest absolute Gasteiger partial charge is 0.273 e. The predicted molar refractivity (Wildman–Crippen MR) is 76.9 cm³/mol. The van der Waals surface area contributed by atoms with Gasteiger partial charge >= 0.3 is 0 Å². The molecule has 0 bridgehead atoms. The maximum atomic E-state index is 10.7. The molecule has 0 amide bonds. The average molecular weight is 266 g/mol. The minimum atomic E-state index is -0.415. The first-order valence-electron chi connectivity index (χ1n) is 6.71. The Balaban J connectivity index is 2.89. The van der Waals surface area contributed by atoms with Gasteiger partial charge in [-0.15, -0.1) is 0 Å². The summed E-state index contributed by atoms with van der Waals surface area (Å²) in [6.07, 6.45) is 4.36. The van der Waals surface area contributed by atoms with Gasteiger partial charge < -0.3 is 10.1 Å². The SMILES string of the molecule is CCCC(CCC)Nc1ccc([N+](=O)[O-])cc1OC. The lowest BCUT2D eigenvalue weighted by atomic mass is 10.1. The molecule has 0 saturated carbocycles. The molecule has 0 atom stereocenters. The molecule has 0 spiro atoms. The van der Waals surface area contributed by atoms with Crippen molar-refractivity contribution < 1.29 is 9.66 Å². The quantitative estimate of drug-likeness (QED) is 0.571. The van der Waals surface area contributed by atoms with E-state index >= 15 is 0 Å². The van der Waals surface area contributed by atoms with E-state index in [-0.39, 0.29) is 5.69 Å². The molecule has 0 aliphatic carbocycles. The summed E-state index contributed by atoms with van der Waals surface area (Å²) < 4.78 is 5.23. The molecule has 19 heavy (non-hydrogen) atoms. The molecule has 106 valence electrons. The van der Waals surface area contributed by atoms with Crippen molar-refractivity contribution in [2.75, 3.05) is 12.4 Å². The fourth-order valence-corrected chi connectivity index (χ4v) is 2.12. The van der Waals surface area contributed by atoms with Gasteiger partial charge in [0.2, 0.25) is 0 Å². The van der Waals surface area contributed by atoms with Crippen LogP contribution in [0.4, 0.5) is 11.4 Å². The van der Waals surface area contributed by atoms with Gasteiger partial charge in [0.1, 0.15) is 5.75 Å². The number of anilines is 1. The Hall–Kier alpha value is -1.78. The normalized spacial score (nSPS) is 10.5. The molecular formula is C14H22N2O3. The molecule has 0 saturated heterocycles. The number of nitrogens with one attached hydrogen (secondary N) is 1. The molecule has 0 aromatic heterocycles. The molecule has 1 rings (SSSR count). The summed E-state index contributed by atoms with van der Waals surface area (Å²) in [5, 5.41) is 14.2. The maximum absolute atomic E-state index is 10.7. The summed E-state index contributed by atoms with van der Waals surface area (Å²) in [6.45, 7) is 4.30. The van der Waals surface area contributed by atoms with Crippen molar-refractivity contribution >= 4 is 11.4 Å². The molecule has 5 heteroatoms. The lowest BCUT2D eigenvalue weighted by molar-refractivity contribution is -0.384. The van der Waals surface area contributed by atoms with Gasteiger partial charge in [0.05, 0.1) is 23.8 Å². The summed E-state index contributed by atoms with van der Waals surface area (Å²) >= 11 is 0. The first-order chi connectivity index (χ1) is 9.12. The van der Waals surface area contributed by atoms with Gasteiger partial charge in [-0.2, -0.15) is 0 Å². The van der Waals surface area contributed by atoms with Crippen LogP contribution in [0.25, 0.3) is 0 Å². The van der Waals surface area contributed by atoms with Crippen LogP contribution in [0.3, 0.4) is 0 Å². The first-order valence-corrected chi connectivity index (χ1v) is 6.71. The molecular weight excluding hydrogens is 244 g/mol. The number of nitrogens with zero attached hydrogens (tertiary/aromatic N) is 1. The van der Waals surface area contributed by atoms with Crippen LogP contribution in [0, 0.1) is 10.1 Å². The van der Waals surface area contributed by atoms with Crippen LogP contribution >= 0.6 is 0 Å². The zero-order valence-electron chi connectivity index (χ0n) is 11.8. The molecule has 0 radical (unpaired) electrons. The van der Waals surface area contributed by atoms with Crippen LogP contribution in [-0.2, 0) is 0 Å². The molecule has 5 nitrogen and oxygen atoms in total. The van der Waals surface area contributed by atoms with Crippen LogP contribution in [-0.4, -0.2) is 18.1 Å². The first kappa shape index (κ1) is 15.3. The molecule has 0 aliphatic heterocycles. The van der Waals surface area contributed by atoms with Gasteiger partial charge in [-0.05, 0) is 18.9 Å². The number of ether oxygens (including phenoxy) is 1. The standard InChI is InChI=1S/C14H22N2O3/c1-4-6-11(7-5-2)15-13-9-8-12(16(17)18)10-14(13)19-3/h8-11,15H,4-7H2,1-3H3. The van der Waals surface area contributed by atoms with E-state index in [1.165, 1.54) is 19.2 Å². The van der Waals surface area contributed by atoms with Crippen molar-refractivity contribution in [3.8, 4) is 5.75 Å². The topological polar surface area (TPSA) is 64.4 Å². The third-order valence-electron chi connectivity index (χ3n) is 3.03. The number of non-ortho nitro benzene ring substituents is 1. The monoisotopic (exact) mass is 266 g/mol. The lowest BCUT2D eigenvalue weighted by Crippen LogP contribution is -2.19. The fraction of sp³-hybridized carbons (Fsp3) is 0.571. The Morgan fingerprint density at radius 1 is 1.32 bits per heavy atom. The Kier molecular flexibility index (Phi) is 6.12. The van der Waals surface area contributed by atoms with Gasteiger partial charge in [0.15, 0.2) is 0 Å². The summed E-state index contributed by atoms with van der Waals surface area (Å²) in [6, 6.07) is 5.05. The average Bonchev–Trinajstić information content (AvgIpc) is 2.39. The van der Waals surface area contributed by atoms with Crippen LogP contribution in [0.15, 0.2) is 18.2 Å². The molecule has 0 aliphatic rings. The van der Waals surface area contributed by atoms with Gasteiger partial charge in [-0.1, -0.05) is 26.7 Å². The third kappa shape index (κ3) is 4.43. The Morgan fingerprint density at radius 2 is 1.95 bits per heavy atom. The van der Waals surface area contributed by atoms with E-state index in [4.69, 9.17) is 4.74 Å². The van der Waals surface area contributed by atoms with E-state index in [9.17, 15) is 10.1 Å². The second-order valence-corrected chi connectivity index (χ2v) is 4.56. The Morgan fingerprint density at radius 3 is 2.42 bits per heavy atom. The molecule has 0 unspecified atom stereocenters. The van der Waals surface area contributed by atoms with Crippen molar-refractivity contribution in [3.63, 3.8) is 0 Å². The van der Waals surface area contributed by atoms with E-state index < -0.39 is 4.92 Å². The molecule has 1 N–H and O–H groups in total. The number of hydrogen-bond acceptors (Lipinski definition) is 4. The largest absolute Gasteiger partial charge is 0.494 e. The highest BCUT2D eigenvalue weighted by atomic mass is 16.6. The summed E-state index contributed by atoms with van der Waals surface area (Å²) in [7, 11) is 1.53. The summed E-state index contributed by atoms with van der Waals surface area (Å²) in [5.74, 6) is 0.520. The minimum Gasteiger partial charge on any atom is -0.494 e. The van der Waals surface area contributed by atoms with Gasteiger partial charge in [0.25, 0.3) is 5.69 Å². The third-order valence-corrected chi connectivity index (χ3v) is 3.03. The second kappa shape index (κ2) is 7.61. The van der Waals surface area contributed by atoms with Crippen LogP contribution in [0.2, 0.25) is 0 Å². The Labute approximate surface area is 114 Å². The second-order valence-electron chi connectivity index (χ2n) is 4.56. The number of nitro benzene ring substituents is 1. The van der Waals surface area contributed by atoms with E-state index in [1.54, 1.807) is 6.07 Å². The van der Waals surface area contributed by atoms with Crippen LogP contribution in [0.1, 0.15) is 39.5 Å². The molecule has 1 aromatic carbocycles. The van der Waals surface area contributed by atoms with Gasteiger partial charge in [0, 0.05) is 12.1 Å². The molecule has 0 heterocycles. The highest BCUT2D eigenvalue weighted by Gasteiger charge is 2.14. The van der Waals surface area contributed by atoms with E-state index in [0.717, 1.165) is 31.4 Å². The zero-order valence-corrected chi connectivity index (χ0v) is 11.8. The predicted octanol–water partition coefficient (Wildman–Crippen LogP) is 3.98. The van der Waals surface area contributed by atoms with Gasteiger partial charge in [-0.25, -0.2) is 0 Å².